The lowest BCUT2D eigenvalue weighted by Gasteiger charge is -2.06. The van der Waals surface area contributed by atoms with Gasteiger partial charge in [0.05, 0.1) is 19.1 Å². The maximum atomic E-state index is 12.1. The van der Waals surface area contributed by atoms with Gasteiger partial charge in [-0.2, -0.15) is 0 Å². The first-order valence-corrected chi connectivity index (χ1v) is 14.2. The summed E-state index contributed by atoms with van der Waals surface area (Å²) in [7, 11) is 3.20. The van der Waals surface area contributed by atoms with Crippen LogP contribution >= 0.6 is 24.0 Å². The Kier molecular flexibility index (Phi) is 31.4. The molecule has 0 aliphatic carbocycles. The lowest BCUT2D eigenvalue weighted by atomic mass is 10.1. The molecule has 0 spiro atoms. The Morgan fingerprint density at radius 2 is 1.49 bits per heavy atom. The highest BCUT2D eigenvalue weighted by atomic mass is 32.1. The molecule has 39 heavy (non-hydrogen) atoms. The molecular weight excluding hydrogens is 521 g/mol. The predicted octanol–water partition coefficient (Wildman–Crippen LogP) is 11.8. The number of hydrogen-bond donors (Lipinski definition) is 1. The van der Waals surface area contributed by atoms with Crippen molar-refractivity contribution >= 4 is 39.8 Å². The van der Waals surface area contributed by atoms with Crippen molar-refractivity contribution in [2.75, 3.05) is 14.2 Å². The number of thiol groups is 1. The Labute approximate surface area is 250 Å². The first kappa shape index (κ1) is 43.3. The number of ether oxygens (including phenoxy) is 2. The zero-order valence-electron chi connectivity index (χ0n) is 25.3. The van der Waals surface area contributed by atoms with Crippen LogP contribution in [-0.2, 0) is 0 Å². The topological polar surface area (TPSA) is 35.5 Å². The molecule has 0 fully saturated rings. The summed E-state index contributed by atoms with van der Waals surface area (Å²) in [6, 6.07) is 5.68. The molecule has 1 aromatic carbocycles. The SMILES string of the molecule is C.C=C(S)CCC(=O)c1cc2cc(OC)c(OC)cc2s1.C=C/C(C)=C\C.C=C/C=C(C)\C=C/C.CC.CC. The van der Waals surface area contributed by atoms with Crippen LogP contribution in [-0.4, -0.2) is 20.0 Å². The van der Waals surface area contributed by atoms with Crippen LogP contribution in [0.2, 0.25) is 0 Å². The maximum Gasteiger partial charge on any atom is 0.173 e. The fourth-order valence-corrected chi connectivity index (χ4v) is 3.66. The van der Waals surface area contributed by atoms with Crippen LogP contribution in [0.3, 0.4) is 0 Å². The molecule has 0 aliphatic heterocycles. The van der Waals surface area contributed by atoms with Crippen molar-refractivity contribution in [2.24, 2.45) is 0 Å². The monoisotopic (exact) mass is 574 g/mol. The molecule has 0 unspecified atom stereocenters. The Morgan fingerprint density at radius 3 is 1.87 bits per heavy atom. The van der Waals surface area contributed by atoms with Gasteiger partial charge in [-0.25, -0.2) is 0 Å². The molecule has 0 aliphatic rings. The van der Waals surface area contributed by atoms with E-state index < -0.39 is 0 Å². The van der Waals surface area contributed by atoms with Gasteiger partial charge in [0.25, 0.3) is 0 Å². The molecule has 2 rings (SSSR count). The summed E-state index contributed by atoms with van der Waals surface area (Å²) in [5.41, 5.74) is 2.47. The van der Waals surface area contributed by atoms with E-state index >= 15 is 0 Å². The van der Waals surface area contributed by atoms with Gasteiger partial charge in [-0.1, -0.05) is 102 Å². The number of thiophene rings is 1. The number of carbonyl (C=O) groups excluding carboxylic acids is 1. The molecule has 1 aromatic heterocycles. The summed E-state index contributed by atoms with van der Waals surface area (Å²) >= 11 is 5.58. The second-order valence-corrected chi connectivity index (χ2v) is 8.94. The Bertz CT molecular complexity index is 1010. The van der Waals surface area contributed by atoms with Crippen LogP contribution in [0.1, 0.15) is 85.3 Å². The molecule has 1 heterocycles. The molecule has 0 saturated carbocycles. The average Bonchev–Trinajstić information content (AvgIpc) is 3.36. The fraction of sp³-hybridized carbons (Fsp3) is 0.382. The second kappa shape index (κ2) is 28.3. The molecule has 0 amide bonds. The molecular formula is C34H54O3S2. The van der Waals surface area contributed by atoms with Crippen molar-refractivity contribution in [3.8, 4) is 11.5 Å². The number of allylic oxidation sites excluding steroid dienone is 9. The lowest BCUT2D eigenvalue weighted by Crippen LogP contribution is -1.94. The van der Waals surface area contributed by atoms with E-state index in [1.54, 1.807) is 20.3 Å². The largest absolute Gasteiger partial charge is 0.493 e. The van der Waals surface area contributed by atoms with E-state index in [1.807, 2.05) is 104 Å². The van der Waals surface area contributed by atoms with Crippen LogP contribution in [0, 0.1) is 0 Å². The molecule has 3 nitrogen and oxygen atoms in total. The number of Topliss-reactive ketones (excluding diaryl/α,β-unsaturated/α-hetero) is 1. The van der Waals surface area contributed by atoms with Crippen LogP contribution in [0.15, 0.2) is 90.4 Å². The average molecular weight is 575 g/mol. The maximum absolute atomic E-state index is 12.1. The third kappa shape index (κ3) is 19.9. The summed E-state index contributed by atoms with van der Waals surface area (Å²) < 4.78 is 11.5. The summed E-state index contributed by atoms with van der Waals surface area (Å²) in [6.45, 7) is 26.9. The van der Waals surface area contributed by atoms with Gasteiger partial charge in [0.15, 0.2) is 17.3 Å². The van der Waals surface area contributed by atoms with Crippen LogP contribution < -0.4 is 9.47 Å². The molecule has 220 valence electrons. The quantitative estimate of drug-likeness (QED) is 0.184. The molecule has 0 atom stereocenters. The molecule has 5 heteroatoms. The van der Waals surface area contributed by atoms with Gasteiger partial charge in [-0.15, -0.1) is 24.0 Å². The molecule has 0 radical (unpaired) electrons. The molecule has 0 saturated heterocycles. The van der Waals surface area contributed by atoms with Gasteiger partial charge in [0.2, 0.25) is 0 Å². The van der Waals surface area contributed by atoms with Gasteiger partial charge in [0.1, 0.15) is 0 Å². The standard InChI is InChI=1S/C15H16O3S2.C8H12.C6H10.2C2H6.CH4/c1-9(19)4-5-11(16)15-7-10-6-12(17-2)13(18-3)8-14(10)20-15;1-4-6-8(3)7-5-2;1-4-6(3)5-2;2*1-2;/h6-8,19H,1,4-5H2,2-3H3;4-7H,1H2,2-3H3;4-5H,1H2,2-3H3;2*1-2H3;1H4/b;7-5-,8-6-;6-5-;;;. The normalized spacial score (nSPS) is 10.0. The van der Waals surface area contributed by atoms with Crippen molar-refractivity contribution in [2.45, 2.75) is 75.7 Å². The van der Waals surface area contributed by atoms with Gasteiger partial charge in [-0.3, -0.25) is 4.79 Å². The van der Waals surface area contributed by atoms with Crippen LogP contribution in [0.5, 0.6) is 11.5 Å². The fourth-order valence-electron chi connectivity index (χ4n) is 2.51. The first-order chi connectivity index (χ1) is 18.2. The van der Waals surface area contributed by atoms with E-state index in [1.165, 1.54) is 22.5 Å². The third-order valence-corrected chi connectivity index (χ3v) is 5.89. The highest BCUT2D eigenvalue weighted by molar-refractivity contribution is 7.84. The summed E-state index contributed by atoms with van der Waals surface area (Å²) in [4.78, 5) is 13.6. The predicted molar refractivity (Wildman–Crippen MR) is 184 cm³/mol. The number of methoxy groups -OCH3 is 2. The van der Waals surface area contributed by atoms with E-state index in [0.717, 1.165) is 19.9 Å². The van der Waals surface area contributed by atoms with Crippen LogP contribution in [0.4, 0.5) is 0 Å². The second-order valence-electron chi connectivity index (χ2n) is 7.23. The van der Waals surface area contributed by atoms with Crippen molar-refractivity contribution < 1.29 is 14.3 Å². The number of benzene rings is 1. The van der Waals surface area contributed by atoms with Crippen molar-refractivity contribution in [3.63, 3.8) is 0 Å². The zero-order valence-corrected chi connectivity index (χ0v) is 27.0. The highest BCUT2D eigenvalue weighted by Gasteiger charge is 2.13. The Balaban J connectivity index is -0.000000269. The summed E-state index contributed by atoms with van der Waals surface area (Å²) in [5.74, 6) is 1.45. The lowest BCUT2D eigenvalue weighted by molar-refractivity contribution is 0.0987. The van der Waals surface area contributed by atoms with E-state index in [2.05, 4.69) is 32.4 Å². The number of carbonyl (C=O) groups is 1. The Morgan fingerprint density at radius 1 is 0.949 bits per heavy atom. The van der Waals surface area contributed by atoms with Crippen molar-refractivity contribution in [1.29, 1.82) is 0 Å². The number of rotatable bonds is 9. The first-order valence-electron chi connectivity index (χ1n) is 12.9. The van der Waals surface area contributed by atoms with Crippen LogP contribution in [0.25, 0.3) is 10.1 Å². The molecule has 0 N–H and O–H groups in total. The number of hydrogen-bond acceptors (Lipinski definition) is 5. The van der Waals surface area contributed by atoms with Gasteiger partial charge >= 0.3 is 0 Å². The summed E-state index contributed by atoms with van der Waals surface area (Å²) in [5, 5.41) is 0.987. The van der Waals surface area contributed by atoms with Gasteiger partial charge < -0.3 is 9.47 Å². The van der Waals surface area contributed by atoms with Gasteiger partial charge in [-0.05, 0) is 56.5 Å². The third-order valence-electron chi connectivity index (χ3n) is 4.53. The smallest absolute Gasteiger partial charge is 0.173 e. The van der Waals surface area contributed by atoms with E-state index in [4.69, 9.17) is 9.47 Å². The minimum Gasteiger partial charge on any atom is -0.493 e. The Hall–Kier alpha value is -2.76. The van der Waals surface area contributed by atoms with Gasteiger partial charge in [0, 0.05) is 17.2 Å². The molecule has 0 bridgehead atoms. The zero-order chi connectivity index (χ0) is 30.1. The summed E-state index contributed by atoms with van der Waals surface area (Å²) in [6.07, 6.45) is 12.7. The van der Waals surface area contributed by atoms with E-state index in [-0.39, 0.29) is 13.2 Å². The van der Waals surface area contributed by atoms with Crippen molar-refractivity contribution in [1.82, 2.24) is 0 Å². The number of ketones is 1. The number of fused-ring (bicyclic) bond motifs is 1. The van der Waals surface area contributed by atoms with Crippen molar-refractivity contribution in [3.05, 3.63) is 95.3 Å². The van der Waals surface area contributed by atoms with E-state index in [9.17, 15) is 4.79 Å². The van der Waals surface area contributed by atoms with E-state index in [0.29, 0.717) is 24.3 Å². The molecule has 2 aromatic rings. The minimum absolute atomic E-state index is 0. The highest BCUT2D eigenvalue weighted by Crippen LogP contribution is 2.36. The minimum atomic E-state index is 0.